The number of hydrogen-bond acceptors (Lipinski definition) is 1. The fourth-order valence-corrected chi connectivity index (χ4v) is 2.65. The van der Waals surface area contributed by atoms with Crippen LogP contribution in [0, 0.1) is 6.92 Å². The summed E-state index contributed by atoms with van der Waals surface area (Å²) < 4.78 is 0. The van der Waals surface area contributed by atoms with Crippen LogP contribution in [0.4, 0.5) is 0 Å². The summed E-state index contributed by atoms with van der Waals surface area (Å²) in [5.41, 5.74) is 9.82. The van der Waals surface area contributed by atoms with Crippen LogP contribution in [0.3, 0.4) is 0 Å². The van der Waals surface area contributed by atoms with E-state index in [0.29, 0.717) is 5.92 Å². The topological polar surface area (TPSA) is 26.0 Å². The Balaban J connectivity index is 2.41. The van der Waals surface area contributed by atoms with Crippen LogP contribution in [-0.4, -0.2) is 6.04 Å². The van der Waals surface area contributed by atoms with Crippen molar-refractivity contribution in [3.05, 3.63) is 70.2 Å². The average molecular weight is 274 g/mol. The van der Waals surface area contributed by atoms with E-state index in [0.717, 1.165) is 11.4 Å². The minimum absolute atomic E-state index is 0.157. The van der Waals surface area contributed by atoms with Crippen molar-refractivity contribution in [2.45, 2.75) is 32.2 Å². The predicted octanol–water partition coefficient (Wildman–Crippen LogP) is 4.52. The van der Waals surface area contributed by atoms with Gasteiger partial charge in [-0.15, -0.1) is 0 Å². The predicted molar refractivity (Wildman–Crippen MR) is 82.7 cm³/mol. The lowest BCUT2D eigenvalue weighted by atomic mass is 9.86. The lowest BCUT2D eigenvalue weighted by Gasteiger charge is -2.20. The number of nitrogens with two attached hydrogens (primary N) is 1. The molecule has 0 amide bonds. The normalized spacial score (nSPS) is 14.1. The summed E-state index contributed by atoms with van der Waals surface area (Å²) >= 11 is 6.11. The Bertz CT molecular complexity index is 503. The van der Waals surface area contributed by atoms with E-state index in [-0.39, 0.29) is 6.04 Å². The minimum Gasteiger partial charge on any atom is -0.328 e. The van der Waals surface area contributed by atoms with E-state index < -0.39 is 0 Å². The van der Waals surface area contributed by atoms with E-state index in [1.807, 2.05) is 25.1 Å². The van der Waals surface area contributed by atoms with Crippen LogP contribution >= 0.6 is 11.6 Å². The van der Waals surface area contributed by atoms with Crippen molar-refractivity contribution >= 4 is 11.6 Å². The summed E-state index contributed by atoms with van der Waals surface area (Å²) in [6, 6.07) is 16.8. The first-order chi connectivity index (χ1) is 9.06. The third-order valence-electron chi connectivity index (χ3n) is 3.30. The van der Waals surface area contributed by atoms with Crippen molar-refractivity contribution in [3.8, 4) is 0 Å². The monoisotopic (exact) mass is 273 g/mol. The van der Waals surface area contributed by atoms with Gasteiger partial charge in [0.05, 0.1) is 0 Å². The second kappa shape index (κ2) is 6.23. The molecule has 0 saturated heterocycles. The summed E-state index contributed by atoms with van der Waals surface area (Å²) in [6.45, 7) is 4.16. The van der Waals surface area contributed by atoms with Crippen LogP contribution in [0.5, 0.6) is 0 Å². The third kappa shape index (κ3) is 3.82. The molecular formula is C17H20ClN. The van der Waals surface area contributed by atoms with Crippen molar-refractivity contribution in [2.75, 3.05) is 0 Å². The molecular weight excluding hydrogens is 254 g/mol. The maximum Gasteiger partial charge on any atom is 0.0408 e. The van der Waals surface area contributed by atoms with Gasteiger partial charge in [-0.1, -0.05) is 53.6 Å². The molecule has 2 N–H and O–H groups in total. The van der Waals surface area contributed by atoms with Crippen LogP contribution in [0.2, 0.25) is 5.02 Å². The van der Waals surface area contributed by atoms with Crippen LogP contribution < -0.4 is 5.73 Å². The van der Waals surface area contributed by atoms with Gasteiger partial charge in [0.1, 0.15) is 0 Å². The van der Waals surface area contributed by atoms with Gasteiger partial charge >= 0.3 is 0 Å². The molecule has 0 radical (unpaired) electrons. The summed E-state index contributed by atoms with van der Waals surface area (Å²) in [6.07, 6.45) is 0.920. The van der Waals surface area contributed by atoms with E-state index in [2.05, 4.69) is 37.3 Å². The van der Waals surface area contributed by atoms with E-state index in [4.69, 9.17) is 17.3 Å². The highest BCUT2D eigenvalue weighted by atomic mass is 35.5. The van der Waals surface area contributed by atoms with Crippen molar-refractivity contribution in [1.29, 1.82) is 0 Å². The molecule has 0 bridgehead atoms. The van der Waals surface area contributed by atoms with E-state index >= 15 is 0 Å². The molecule has 0 heterocycles. The average Bonchev–Trinajstić information content (AvgIpc) is 2.35. The first-order valence-electron chi connectivity index (χ1n) is 6.64. The Morgan fingerprint density at radius 2 is 1.68 bits per heavy atom. The molecule has 100 valence electrons. The molecule has 2 atom stereocenters. The SMILES string of the molecule is Cc1cccc(C(CC(C)N)c2cccc(Cl)c2)c1. The lowest BCUT2D eigenvalue weighted by molar-refractivity contribution is 0.608. The van der Waals surface area contributed by atoms with Crippen molar-refractivity contribution in [2.24, 2.45) is 5.73 Å². The quantitative estimate of drug-likeness (QED) is 0.871. The van der Waals surface area contributed by atoms with Gasteiger partial charge in [-0.3, -0.25) is 0 Å². The molecule has 2 heteroatoms. The molecule has 0 spiro atoms. The maximum atomic E-state index is 6.11. The zero-order chi connectivity index (χ0) is 13.8. The van der Waals surface area contributed by atoms with Gasteiger partial charge in [0, 0.05) is 17.0 Å². The molecule has 2 aromatic rings. The largest absolute Gasteiger partial charge is 0.328 e. The fourth-order valence-electron chi connectivity index (χ4n) is 2.45. The molecule has 2 rings (SSSR count). The van der Waals surface area contributed by atoms with Gasteiger partial charge in [-0.2, -0.15) is 0 Å². The van der Waals surface area contributed by atoms with Crippen molar-refractivity contribution in [1.82, 2.24) is 0 Å². The highest BCUT2D eigenvalue weighted by Crippen LogP contribution is 2.30. The number of rotatable bonds is 4. The summed E-state index contributed by atoms with van der Waals surface area (Å²) in [5, 5.41) is 0.778. The van der Waals surface area contributed by atoms with Gasteiger partial charge in [0.15, 0.2) is 0 Å². The number of benzene rings is 2. The van der Waals surface area contributed by atoms with Gasteiger partial charge < -0.3 is 5.73 Å². The molecule has 0 saturated carbocycles. The molecule has 0 aliphatic heterocycles. The molecule has 2 unspecified atom stereocenters. The highest BCUT2D eigenvalue weighted by molar-refractivity contribution is 6.30. The minimum atomic E-state index is 0.157. The smallest absolute Gasteiger partial charge is 0.0408 e. The fraction of sp³-hybridized carbons (Fsp3) is 0.294. The Morgan fingerprint density at radius 3 is 2.26 bits per heavy atom. The highest BCUT2D eigenvalue weighted by Gasteiger charge is 2.16. The maximum absolute atomic E-state index is 6.11. The second-order valence-electron chi connectivity index (χ2n) is 5.23. The first kappa shape index (κ1) is 14.1. The Hall–Kier alpha value is -1.31. The molecule has 19 heavy (non-hydrogen) atoms. The van der Waals surface area contributed by atoms with Crippen LogP contribution in [0.15, 0.2) is 48.5 Å². The van der Waals surface area contributed by atoms with E-state index in [1.54, 1.807) is 0 Å². The Morgan fingerprint density at radius 1 is 1.05 bits per heavy atom. The molecule has 0 aromatic heterocycles. The summed E-state index contributed by atoms with van der Waals surface area (Å²) in [7, 11) is 0. The second-order valence-corrected chi connectivity index (χ2v) is 5.67. The van der Waals surface area contributed by atoms with Crippen LogP contribution in [0.25, 0.3) is 0 Å². The third-order valence-corrected chi connectivity index (χ3v) is 3.54. The molecule has 2 aromatic carbocycles. The summed E-state index contributed by atoms with van der Waals surface area (Å²) in [5.74, 6) is 0.304. The van der Waals surface area contributed by atoms with Gasteiger partial charge in [0.25, 0.3) is 0 Å². The van der Waals surface area contributed by atoms with Gasteiger partial charge in [-0.25, -0.2) is 0 Å². The van der Waals surface area contributed by atoms with Gasteiger partial charge in [-0.05, 0) is 43.5 Å². The Labute approximate surface area is 120 Å². The molecule has 1 nitrogen and oxygen atoms in total. The summed E-state index contributed by atoms with van der Waals surface area (Å²) in [4.78, 5) is 0. The first-order valence-corrected chi connectivity index (χ1v) is 7.01. The lowest BCUT2D eigenvalue weighted by Crippen LogP contribution is -2.19. The van der Waals surface area contributed by atoms with Crippen LogP contribution in [0.1, 0.15) is 36.0 Å². The number of aryl methyl sites for hydroxylation is 1. The molecule has 0 aliphatic rings. The van der Waals surface area contributed by atoms with Crippen LogP contribution in [-0.2, 0) is 0 Å². The zero-order valence-corrected chi connectivity index (χ0v) is 12.2. The van der Waals surface area contributed by atoms with Crippen molar-refractivity contribution < 1.29 is 0 Å². The number of hydrogen-bond donors (Lipinski definition) is 1. The zero-order valence-electron chi connectivity index (χ0n) is 11.4. The molecule has 0 aliphatic carbocycles. The standard InChI is InChI=1S/C17H20ClN/c1-12-5-3-6-14(9-12)17(10-13(2)19)15-7-4-8-16(18)11-15/h3-9,11,13,17H,10,19H2,1-2H3. The number of halogens is 1. The van der Waals surface area contributed by atoms with E-state index in [9.17, 15) is 0 Å². The van der Waals surface area contributed by atoms with Gasteiger partial charge in [0.2, 0.25) is 0 Å². The van der Waals surface area contributed by atoms with Crippen molar-refractivity contribution in [3.63, 3.8) is 0 Å². The molecule has 0 fully saturated rings. The van der Waals surface area contributed by atoms with E-state index in [1.165, 1.54) is 16.7 Å². The Kier molecular flexibility index (Phi) is 4.62.